The fourth-order valence-electron chi connectivity index (χ4n) is 1.34. The summed E-state index contributed by atoms with van der Waals surface area (Å²) in [6.07, 6.45) is 1.84. The first-order valence-electron chi connectivity index (χ1n) is 4.33. The summed E-state index contributed by atoms with van der Waals surface area (Å²) in [5.41, 5.74) is 0.562. The van der Waals surface area contributed by atoms with E-state index in [0.717, 1.165) is 16.2 Å². The van der Waals surface area contributed by atoms with Crippen LogP contribution < -0.4 is 5.69 Å². The largest absolute Gasteiger partial charge is 0.348 e. The van der Waals surface area contributed by atoms with Gasteiger partial charge < -0.3 is 0 Å². The van der Waals surface area contributed by atoms with E-state index < -0.39 is 0 Å². The molecule has 0 atom stereocenters. The van der Waals surface area contributed by atoms with Crippen molar-refractivity contribution in [3.63, 3.8) is 0 Å². The highest BCUT2D eigenvalue weighted by Gasteiger charge is 1.99. The number of benzene rings is 1. The maximum absolute atomic E-state index is 11.5. The second kappa shape index (κ2) is 3.92. The first-order chi connectivity index (χ1) is 6.81. The summed E-state index contributed by atoms with van der Waals surface area (Å²) in [7, 11) is 0. The van der Waals surface area contributed by atoms with E-state index in [-0.39, 0.29) is 5.69 Å². The Morgan fingerprint density at radius 3 is 2.93 bits per heavy atom. The number of alkyl halides is 1. The van der Waals surface area contributed by atoms with Crippen LogP contribution in [0.3, 0.4) is 0 Å². The number of rotatable bonds is 2. The average molecular weight is 253 g/mol. The van der Waals surface area contributed by atoms with Gasteiger partial charge in [0.05, 0.1) is 5.52 Å². The molecule has 2 aromatic rings. The highest BCUT2D eigenvalue weighted by atomic mass is 79.9. The van der Waals surface area contributed by atoms with E-state index in [9.17, 15) is 4.79 Å². The molecule has 1 heterocycles. The van der Waals surface area contributed by atoms with Crippen LogP contribution in [0.25, 0.3) is 10.9 Å². The Morgan fingerprint density at radius 2 is 2.14 bits per heavy atom. The molecule has 3 nitrogen and oxygen atoms in total. The number of halogens is 1. The third-order valence-corrected chi connectivity index (χ3v) is 2.37. The molecule has 0 aliphatic carbocycles. The van der Waals surface area contributed by atoms with Crippen molar-refractivity contribution in [3.05, 3.63) is 40.9 Å². The van der Waals surface area contributed by atoms with Gasteiger partial charge in [0.1, 0.15) is 0 Å². The van der Waals surface area contributed by atoms with Crippen molar-refractivity contribution >= 4 is 26.8 Å². The van der Waals surface area contributed by atoms with Gasteiger partial charge in [-0.1, -0.05) is 34.1 Å². The van der Waals surface area contributed by atoms with Crippen molar-refractivity contribution in [2.75, 3.05) is 5.33 Å². The van der Waals surface area contributed by atoms with Crippen LogP contribution in [-0.4, -0.2) is 14.9 Å². The number of para-hydroxylation sites is 1. The van der Waals surface area contributed by atoms with Crippen molar-refractivity contribution < 1.29 is 0 Å². The summed E-state index contributed by atoms with van der Waals surface area (Å²) in [6, 6.07) is 7.61. The molecule has 72 valence electrons. The van der Waals surface area contributed by atoms with Crippen molar-refractivity contribution in [2.24, 2.45) is 0 Å². The lowest BCUT2D eigenvalue weighted by Crippen LogP contribution is -2.22. The van der Waals surface area contributed by atoms with E-state index in [1.807, 2.05) is 30.5 Å². The first-order valence-corrected chi connectivity index (χ1v) is 5.45. The Hall–Kier alpha value is -1.16. The van der Waals surface area contributed by atoms with Crippen molar-refractivity contribution in [3.8, 4) is 0 Å². The Bertz CT molecular complexity index is 507. The predicted molar refractivity (Wildman–Crippen MR) is 59.8 cm³/mol. The number of hydrogen-bond acceptors (Lipinski definition) is 2. The van der Waals surface area contributed by atoms with Crippen LogP contribution in [0.2, 0.25) is 0 Å². The standard InChI is InChI=1S/C10H9BrN2O/c11-5-6-13-7-8-3-1-2-4-9(8)12-10(13)14/h1-4,7H,5-6H2. The molecule has 2 rings (SSSR count). The van der Waals surface area contributed by atoms with Gasteiger partial charge in [-0.15, -0.1) is 0 Å². The number of aryl methyl sites for hydroxylation is 1. The van der Waals surface area contributed by atoms with Gasteiger partial charge in [-0.2, -0.15) is 4.98 Å². The van der Waals surface area contributed by atoms with Crippen molar-refractivity contribution in [1.29, 1.82) is 0 Å². The number of hydrogen-bond donors (Lipinski definition) is 0. The van der Waals surface area contributed by atoms with Crippen LogP contribution in [0.15, 0.2) is 35.3 Å². The molecule has 0 bridgehead atoms. The van der Waals surface area contributed by atoms with Gasteiger partial charge in [0.2, 0.25) is 0 Å². The minimum atomic E-state index is -0.192. The zero-order chi connectivity index (χ0) is 9.97. The lowest BCUT2D eigenvalue weighted by molar-refractivity contribution is 0.719. The molecule has 1 aromatic carbocycles. The van der Waals surface area contributed by atoms with Gasteiger partial charge >= 0.3 is 5.69 Å². The van der Waals surface area contributed by atoms with E-state index in [2.05, 4.69) is 20.9 Å². The van der Waals surface area contributed by atoms with Gasteiger partial charge in [0.15, 0.2) is 0 Å². The molecule has 0 saturated carbocycles. The van der Waals surface area contributed by atoms with E-state index in [1.54, 1.807) is 4.57 Å². The molecule has 0 fully saturated rings. The van der Waals surface area contributed by atoms with E-state index in [1.165, 1.54) is 0 Å². The minimum Gasteiger partial charge on any atom is -0.298 e. The topological polar surface area (TPSA) is 34.9 Å². The molecule has 14 heavy (non-hydrogen) atoms. The van der Waals surface area contributed by atoms with E-state index in [0.29, 0.717) is 6.54 Å². The molecule has 0 radical (unpaired) electrons. The maximum atomic E-state index is 11.5. The Kier molecular flexibility index (Phi) is 2.63. The third kappa shape index (κ3) is 1.70. The van der Waals surface area contributed by atoms with Crippen LogP contribution in [0.4, 0.5) is 0 Å². The second-order valence-electron chi connectivity index (χ2n) is 2.96. The zero-order valence-corrected chi connectivity index (χ0v) is 9.07. The highest BCUT2D eigenvalue weighted by molar-refractivity contribution is 9.09. The van der Waals surface area contributed by atoms with Crippen LogP contribution in [-0.2, 0) is 6.54 Å². The molecule has 0 aliphatic rings. The number of aromatic nitrogens is 2. The normalized spacial score (nSPS) is 10.6. The Morgan fingerprint density at radius 1 is 1.36 bits per heavy atom. The Labute approximate surface area is 89.5 Å². The molecule has 4 heteroatoms. The summed E-state index contributed by atoms with van der Waals surface area (Å²) < 4.78 is 1.61. The number of fused-ring (bicyclic) bond motifs is 1. The average Bonchev–Trinajstić information content (AvgIpc) is 2.19. The summed E-state index contributed by atoms with van der Waals surface area (Å²) >= 11 is 3.30. The van der Waals surface area contributed by atoms with Gasteiger partial charge in [0.25, 0.3) is 0 Å². The van der Waals surface area contributed by atoms with Gasteiger partial charge in [-0.25, -0.2) is 4.79 Å². The smallest absolute Gasteiger partial charge is 0.298 e. The van der Waals surface area contributed by atoms with Crippen LogP contribution in [0, 0.1) is 0 Å². The lowest BCUT2D eigenvalue weighted by Gasteiger charge is -2.03. The van der Waals surface area contributed by atoms with Gasteiger partial charge in [-0.05, 0) is 6.07 Å². The zero-order valence-electron chi connectivity index (χ0n) is 7.48. The fourth-order valence-corrected chi connectivity index (χ4v) is 1.72. The summed E-state index contributed by atoms with van der Waals surface area (Å²) in [6.45, 7) is 0.649. The quantitative estimate of drug-likeness (QED) is 0.765. The van der Waals surface area contributed by atoms with Gasteiger partial charge in [-0.3, -0.25) is 4.57 Å². The molecule has 0 saturated heterocycles. The summed E-state index contributed by atoms with van der Waals surface area (Å²) in [5.74, 6) is 0. The fraction of sp³-hybridized carbons (Fsp3) is 0.200. The summed E-state index contributed by atoms with van der Waals surface area (Å²) in [5, 5.41) is 1.75. The van der Waals surface area contributed by atoms with Crippen molar-refractivity contribution in [2.45, 2.75) is 6.54 Å². The van der Waals surface area contributed by atoms with Crippen LogP contribution in [0.1, 0.15) is 0 Å². The first kappa shape index (κ1) is 9.40. The molecule has 1 aromatic heterocycles. The van der Waals surface area contributed by atoms with E-state index in [4.69, 9.17) is 0 Å². The van der Waals surface area contributed by atoms with Gasteiger partial charge in [0, 0.05) is 23.5 Å². The van der Waals surface area contributed by atoms with E-state index >= 15 is 0 Å². The number of nitrogens with zero attached hydrogens (tertiary/aromatic N) is 2. The van der Waals surface area contributed by atoms with Crippen molar-refractivity contribution in [1.82, 2.24) is 9.55 Å². The Balaban J connectivity index is 2.65. The third-order valence-electron chi connectivity index (χ3n) is 2.02. The molecular weight excluding hydrogens is 244 g/mol. The SMILES string of the molecule is O=c1nc2ccccc2cn1CCBr. The molecule has 0 spiro atoms. The van der Waals surface area contributed by atoms with Crippen LogP contribution >= 0.6 is 15.9 Å². The second-order valence-corrected chi connectivity index (χ2v) is 3.76. The molecule has 0 unspecified atom stereocenters. The molecular formula is C10H9BrN2O. The minimum absolute atomic E-state index is 0.192. The molecule has 0 amide bonds. The predicted octanol–water partition coefficient (Wildman–Crippen LogP) is 1.79. The monoisotopic (exact) mass is 252 g/mol. The highest BCUT2D eigenvalue weighted by Crippen LogP contribution is 2.07. The molecule has 0 aliphatic heterocycles. The lowest BCUT2D eigenvalue weighted by atomic mass is 10.2. The van der Waals surface area contributed by atoms with Crippen LogP contribution in [0.5, 0.6) is 0 Å². The summed E-state index contributed by atoms with van der Waals surface area (Å²) in [4.78, 5) is 15.4. The maximum Gasteiger partial charge on any atom is 0.348 e. The molecule has 0 N–H and O–H groups in total.